The van der Waals surface area contributed by atoms with Gasteiger partial charge in [-0.15, -0.1) is 12.4 Å². The number of hydrogen-bond donors (Lipinski definition) is 1. The van der Waals surface area contributed by atoms with Crippen LogP contribution >= 0.6 is 12.4 Å². The molecule has 6 heteroatoms. The highest BCUT2D eigenvalue weighted by Gasteiger charge is 2.08. The van der Waals surface area contributed by atoms with Crippen LogP contribution in [0.1, 0.15) is 51.0 Å². The van der Waals surface area contributed by atoms with E-state index in [1.54, 1.807) is 0 Å². The van der Waals surface area contributed by atoms with Crippen molar-refractivity contribution in [3.63, 3.8) is 0 Å². The predicted molar refractivity (Wildman–Crippen MR) is 87.5 cm³/mol. The third kappa shape index (κ3) is 4.86. The fraction of sp³-hybridized carbons (Fsp3) is 0.600. The Hall–Kier alpha value is -1.33. The zero-order valence-electron chi connectivity index (χ0n) is 13.1. The van der Waals surface area contributed by atoms with Crippen molar-refractivity contribution in [1.29, 1.82) is 0 Å². The summed E-state index contributed by atoms with van der Waals surface area (Å²) in [6.07, 6.45) is 6.13. The van der Waals surface area contributed by atoms with Gasteiger partial charge in [-0.05, 0) is 31.9 Å². The van der Waals surface area contributed by atoms with Gasteiger partial charge in [0, 0.05) is 38.1 Å². The molecule has 0 saturated heterocycles. The average Bonchev–Trinajstić information content (AvgIpc) is 3.08. The maximum absolute atomic E-state index is 4.52. The number of aromatic nitrogens is 4. The van der Waals surface area contributed by atoms with Gasteiger partial charge in [-0.1, -0.05) is 13.8 Å². The van der Waals surface area contributed by atoms with E-state index in [0.717, 1.165) is 38.2 Å². The van der Waals surface area contributed by atoms with Gasteiger partial charge in [-0.25, -0.2) is 0 Å². The molecule has 0 bridgehead atoms. The van der Waals surface area contributed by atoms with Gasteiger partial charge in [-0.3, -0.25) is 9.36 Å². The molecule has 2 heterocycles. The van der Waals surface area contributed by atoms with E-state index in [4.69, 9.17) is 0 Å². The Kier molecular flexibility index (Phi) is 7.47. The highest BCUT2D eigenvalue weighted by Crippen LogP contribution is 2.12. The smallest absolute Gasteiger partial charge is 0.0762 e. The topological polar surface area (TPSA) is 47.7 Å². The number of rotatable bonds is 8. The molecule has 0 fully saturated rings. The quantitative estimate of drug-likeness (QED) is 0.814. The largest absolute Gasteiger partial charge is 0.305 e. The lowest BCUT2D eigenvalue weighted by Gasteiger charge is -2.13. The fourth-order valence-electron chi connectivity index (χ4n) is 2.22. The summed E-state index contributed by atoms with van der Waals surface area (Å²) >= 11 is 0. The molecular formula is C15H26ClN5. The fourth-order valence-corrected chi connectivity index (χ4v) is 2.22. The minimum atomic E-state index is 0. The lowest BCUT2D eigenvalue weighted by atomic mass is 10.2. The van der Waals surface area contributed by atoms with E-state index in [1.807, 2.05) is 17.1 Å². The summed E-state index contributed by atoms with van der Waals surface area (Å²) in [5.41, 5.74) is 2.32. The van der Waals surface area contributed by atoms with Crippen LogP contribution in [0.3, 0.4) is 0 Å². The number of aryl methyl sites for hydroxylation is 1. The van der Waals surface area contributed by atoms with Crippen molar-refractivity contribution in [2.45, 2.75) is 59.3 Å². The second-order valence-electron chi connectivity index (χ2n) is 5.20. The monoisotopic (exact) mass is 311 g/mol. The molecule has 0 amide bonds. The minimum Gasteiger partial charge on any atom is -0.305 e. The van der Waals surface area contributed by atoms with Gasteiger partial charge in [0.1, 0.15) is 0 Å². The van der Waals surface area contributed by atoms with Crippen LogP contribution in [0.4, 0.5) is 0 Å². The number of nitrogens with one attached hydrogen (secondary N) is 1. The van der Waals surface area contributed by atoms with Gasteiger partial charge in [0.05, 0.1) is 11.4 Å². The molecule has 2 aromatic heterocycles. The van der Waals surface area contributed by atoms with Crippen molar-refractivity contribution in [3.8, 4) is 0 Å². The van der Waals surface area contributed by atoms with E-state index >= 15 is 0 Å². The van der Waals surface area contributed by atoms with E-state index in [9.17, 15) is 0 Å². The van der Waals surface area contributed by atoms with Gasteiger partial charge in [0.15, 0.2) is 0 Å². The third-order valence-electron chi connectivity index (χ3n) is 3.52. The van der Waals surface area contributed by atoms with Crippen molar-refractivity contribution in [1.82, 2.24) is 24.9 Å². The third-order valence-corrected chi connectivity index (χ3v) is 3.52. The first-order chi connectivity index (χ1) is 9.74. The number of hydrogen-bond acceptors (Lipinski definition) is 3. The average molecular weight is 312 g/mol. The van der Waals surface area contributed by atoms with Gasteiger partial charge < -0.3 is 5.32 Å². The molecule has 2 aromatic rings. The van der Waals surface area contributed by atoms with Crippen molar-refractivity contribution >= 4 is 12.4 Å². The van der Waals surface area contributed by atoms with E-state index in [0.29, 0.717) is 6.04 Å². The second kappa shape index (κ2) is 8.85. The van der Waals surface area contributed by atoms with Crippen LogP contribution in [0, 0.1) is 0 Å². The number of halogens is 1. The molecule has 5 nitrogen and oxygen atoms in total. The van der Waals surface area contributed by atoms with Gasteiger partial charge >= 0.3 is 0 Å². The van der Waals surface area contributed by atoms with Crippen LogP contribution in [0.2, 0.25) is 0 Å². The van der Waals surface area contributed by atoms with Crippen molar-refractivity contribution in [2.75, 3.05) is 0 Å². The Balaban J connectivity index is 0.00000220. The molecule has 0 aromatic carbocycles. The Morgan fingerprint density at radius 3 is 2.76 bits per heavy atom. The molecule has 1 N–H and O–H groups in total. The van der Waals surface area contributed by atoms with Crippen LogP contribution in [0.15, 0.2) is 24.5 Å². The maximum Gasteiger partial charge on any atom is 0.0762 e. The summed E-state index contributed by atoms with van der Waals surface area (Å²) < 4.78 is 4.10. The Morgan fingerprint density at radius 1 is 1.24 bits per heavy atom. The molecule has 0 radical (unpaired) electrons. The SMILES string of the molecule is CCCn1ccc(CNCc2ccnn2C(C)CC)n1.Cl. The summed E-state index contributed by atoms with van der Waals surface area (Å²) in [6.45, 7) is 9.15. The van der Waals surface area contributed by atoms with E-state index in [-0.39, 0.29) is 12.4 Å². The van der Waals surface area contributed by atoms with Crippen LogP contribution in [0.5, 0.6) is 0 Å². The lowest BCUT2D eigenvalue weighted by molar-refractivity contribution is 0.451. The van der Waals surface area contributed by atoms with Crippen molar-refractivity contribution < 1.29 is 0 Å². The molecule has 1 unspecified atom stereocenters. The highest BCUT2D eigenvalue weighted by atomic mass is 35.5. The molecule has 0 aliphatic rings. The van der Waals surface area contributed by atoms with E-state index in [2.05, 4.69) is 53.1 Å². The lowest BCUT2D eigenvalue weighted by Crippen LogP contribution is -2.18. The van der Waals surface area contributed by atoms with E-state index < -0.39 is 0 Å². The van der Waals surface area contributed by atoms with Gasteiger partial charge in [-0.2, -0.15) is 10.2 Å². The molecule has 2 rings (SSSR count). The summed E-state index contributed by atoms with van der Waals surface area (Å²) in [5, 5.41) is 12.4. The first kappa shape index (κ1) is 17.7. The van der Waals surface area contributed by atoms with Crippen LogP contribution in [-0.2, 0) is 19.6 Å². The summed E-state index contributed by atoms with van der Waals surface area (Å²) in [5.74, 6) is 0. The highest BCUT2D eigenvalue weighted by molar-refractivity contribution is 5.85. The Labute approximate surface area is 133 Å². The maximum atomic E-state index is 4.52. The molecule has 118 valence electrons. The molecular weight excluding hydrogens is 286 g/mol. The van der Waals surface area contributed by atoms with Crippen LogP contribution in [0.25, 0.3) is 0 Å². The van der Waals surface area contributed by atoms with Gasteiger partial charge in [0.2, 0.25) is 0 Å². The zero-order valence-corrected chi connectivity index (χ0v) is 13.9. The molecule has 0 aliphatic heterocycles. The normalized spacial score (nSPS) is 12.1. The van der Waals surface area contributed by atoms with E-state index in [1.165, 1.54) is 5.69 Å². The summed E-state index contributed by atoms with van der Waals surface area (Å²) in [7, 11) is 0. The summed E-state index contributed by atoms with van der Waals surface area (Å²) in [4.78, 5) is 0. The minimum absolute atomic E-state index is 0. The molecule has 0 spiro atoms. The Morgan fingerprint density at radius 2 is 2.05 bits per heavy atom. The summed E-state index contributed by atoms with van der Waals surface area (Å²) in [6, 6.07) is 4.61. The molecule has 21 heavy (non-hydrogen) atoms. The number of nitrogens with zero attached hydrogens (tertiary/aromatic N) is 4. The standard InChI is InChI=1S/C15H25N5.ClH/c1-4-9-19-10-7-14(18-19)11-16-12-15-6-8-17-20(15)13(3)5-2;/h6-8,10,13,16H,4-5,9,11-12H2,1-3H3;1H. The molecule has 1 atom stereocenters. The van der Waals surface area contributed by atoms with Gasteiger partial charge in [0.25, 0.3) is 0 Å². The Bertz CT molecular complexity index is 520. The van der Waals surface area contributed by atoms with Crippen molar-refractivity contribution in [2.24, 2.45) is 0 Å². The predicted octanol–water partition coefficient (Wildman–Crippen LogP) is 3.17. The first-order valence-corrected chi connectivity index (χ1v) is 7.50. The van der Waals surface area contributed by atoms with Crippen molar-refractivity contribution in [3.05, 3.63) is 35.9 Å². The van der Waals surface area contributed by atoms with Crippen LogP contribution in [-0.4, -0.2) is 19.6 Å². The molecule has 0 saturated carbocycles. The zero-order chi connectivity index (χ0) is 14.4. The molecule has 0 aliphatic carbocycles. The first-order valence-electron chi connectivity index (χ1n) is 7.50. The van der Waals surface area contributed by atoms with Crippen LogP contribution < -0.4 is 5.32 Å². The second-order valence-corrected chi connectivity index (χ2v) is 5.20.